The molecule has 0 aliphatic heterocycles. The van der Waals surface area contributed by atoms with E-state index < -0.39 is 18.5 Å². The lowest BCUT2D eigenvalue weighted by molar-refractivity contribution is -0.124. The summed E-state index contributed by atoms with van der Waals surface area (Å²) in [5.41, 5.74) is 1.40. The van der Waals surface area contributed by atoms with Crippen LogP contribution in [0.4, 0.5) is 4.39 Å². The fourth-order valence-electron chi connectivity index (χ4n) is 2.37. The van der Waals surface area contributed by atoms with Crippen LogP contribution >= 0.6 is 11.6 Å². The largest absolute Gasteiger partial charge is 0.450 e. The van der Waals surface area contributed by atoms with Gasteiger partial charge in [-0.2, -0.15) is 0 Å². The molecule has 0 bridgehead atoms. The summed E-state index contributed by atoms with van der Waals surface area (Å²) in [5, 5.41) is 3.83. The van der Waals surface area contributed by atoms with Crippen molar-refractivity contribution in [3.05, 3.63) is 70.7 Å². The molecule has 1 heterocycles. The molecule has 5 nitrogen and oxygen atoms in total. The van der Waals surface area contributed by atoms with E-state index >= 15 is 0 Å². The Bertz CT molecular complexity index is 936. The maximum absolute atomic E-state index is 12.8. The van der Waals surface area contributed by atoms with Crippen molar-refractivity contribution in [1.29, 1.82) is 0 Å². The molecule has 1 aromatic heterocycles. The Balaban J connectivity index is 1.45. The molecule has 2 aromatic carbocycles. The zero-order chi connectivity index (χ0) is 18.5. The molecule has 0 saturated heterocycles. The van der Waals surface area contributed by atoms with Gasteiger partial charge < -0.3 is 14.5 Å². The molecule has 0 saturated carbocycles. The molecule has 1 N–H and O–H groups in total. The molecule has 134 valence electrons. The lowest BCUT2D eigenvalue weighted by Crippen LogP contribution is -2.30. The van der Waals surface area contributed by atoms with Gasteiger partial charge in [0.2, 0.25) is 5.76 Å². The third kappa shape index (κ3) is 4.61. The second kappa shape index (κ2) is 8.01. The van der Waals surface area contributed by atoms with Crippen molar-refractivity contribution in [3.8, 4) is 0 Å². The Labute approximate surface area is 153 Å². The minimum absolute atomic E-state index is 0.00128. The van der Waals surface area contributed by atoms with Crippen molar-refractivity contribution in [1.82, 2.24) is 5.32 Å². The van der Waals surface area contributed by atoms with Crippen molar-refractivity contribution < 1.29 is 23.1 Å². The first-order chi connectivity index (χ1) is 12.5. The number of halogens is 2. The highest BCUT2D eigenvalue weighted by Crippen LogP contribution is 2.23. The minimum atomic E-state index is -0.731. The van der Waals surface area contributed by atoms with Crippen LogP contribution in [0.5, 0.6) is 0 Å². The minimum Gasteiger partial charge on any atom is -0.450 e. The van der Waals surface area contributed by atoms with Crippen molar-refractivity contribution in [2.24, 2.45) is 0 Å². The van der Waals surface area contributed by atoms with Gasteiger partial charge in [-0.3, -0.25) is 4.79 Å². The summed E-state index contributed by atoms with van der Waals surface area (Å²) >= 11 is 5.88. The molecule has 0 aliphatic rings. The first-order valence-corrected chi connectivity index (χ1v) is 8.26. The van der Waals surface area contributed by atoms with E-state index in [1.807, 2.05) is 0 Å². The van der Waals surface area contributed by atoms with E-state index in [9.17, 15) is 14.0 Å². The Morgan fingerprint density at radius 1 is 1.12 bits per heavy atom. The number of ether oxygens (including phenoxy) is 1. The van der Waals surface area contributed by atoms with Crippen LogP contribution in [0, 0.1) is 5.82 Å². The van der Waals surface area contributed by atoms with Gasteiger partial charge in [-0.05, 0) is 48.4 Å². The first kappa shape index (κ1) is 17.9. The van der Waals surface area contributed by atoms with Gasteiger partial charge in [-0.1, -0.05) is 23.7 Å². The number of furan rings is 1. The maximum Gasteiger partial charge on any atom is 0.374 e. The van der Waals surface area contributed by atoms with Gasteiger partial charge >= 0.3 is 5.97 Å². The van der Waals surface area contributed by atoms with Crippen molar-refractivity contribution in [3.63, 3.8) is 0 Å². The number of rotatable bonds is 6. The molecule has 3 rings (SSSR count). The number of benzene rings is 2. The van der Waals surface area contributed by atoms with Crippen molar-refractivity contribution >= 4 is 34.4 Å². The second-order valence-corrected chi connectivity index (χ2v) is 6.03. The van der Waals surface area contributed by atoms with Gasteiger partial charge in [0, 0.05) is 17.0 Å². The number of fused-ring (bicyclic) bond motifs is 1. The smallest absolute Gasteiger partial charge is 0.374 e. The van der Waals surface area contributed by atoms with Crippen LogP contribution in [0.25, 0.3) is 11.0 Å². The first-order valence-electron chi connectivity index (χ1n) is 7.88. The van der Waals surface area contributed by atoms with E-state index in [-0.39, 0.29) is 11.6 Å². The summed E-state index contributed by atoms with van der Waals surface area (Å²) in [7, 11) is 0. The number of carbonyl (C=O) groups is 2. The van der Waals surface area contributed by atoms with Gasteiger partial charge in [0.1, 0.15) is 11.4 Å². The second-order valence-electron chi connectivity index (χ2n) is 5.60. The molecule has 0 aliphatic carbocycles. The third-order valence-corrected chi connectivity index (χ3v) is 3.90. The van der Waals surface area contributed by atoms with Crippen LogP contribution < -0.4 is 5.32 Å². The SMILES string of the molecule is O=C(COC(=O)c1cc2cc(Cl)ccc2o1)NCCc1ccc(F)cc1. The van der Waals surface area contributed by atoms with Crippen LogP contribution in [0.15, 0.2) is 52.9 Å². The molecule has 0 fully saturated rings. The van der Waals surface area contributed by atoms with E-state index in [1.54, 1.807) is 30.3 Å². The van der Waals surface area contributed by atoms with Crippen LogP contribution in [0.3, 0.4) is 0 Å². The Morgan fingerprint density at radius 2 is 1.88 bits per heavy atom. The highest BCUT2D eigenvalue weighted by molar-refractivity contribution is 6.31. The molecule has 0 spiro atoms. The summed E-state index contributed by atoms with van der Waals surface area (Å²) in [4.78, 5) is 23.7. The molecule has 0 unspecified atom stereocenters. The van der Waals surface area contributed by atoms with Crippen molar-refractivity contribution in [2.45, 2.75) is 6.42 Å². The van der Waals surface area contributed by atoms with E-state index in [2.05, 4.69) is 5.32 Å². The number of hydrogen-bond donors (Lipinski definition) is 1. The number of carbonyl (C=O) groups excluding carboxylic acids is 2. The quantitative estimate of drug-likeness (QED) is 0.666. The summed E-state index contributed by atoms with van der Waals surface area (Å²) in [5.74, 6) is -1.47. The van der Waals surface area contributed by atoms with E-state index in [0.29, 0.717) is 29.0 Å². The van der Waals surface area contributed by atoms with Gasteiger partial charge in [0.05, 0.1) is 0 Å². The monoisotopic (exact) mass is 375 g/mol. The fourth-order valence-corrected chi connectivity index (χ4v) is 2.55. The lowest BCUT2D eigenvalue weighted by Gasteiger charge is -2.06. The van der Waals surface area contributed by atoms with Gasteiger partial charge in [0.25, 0.3) is 5.91 Å². The van der Waals surface area contributed by atoms with Crippen LogP contribution in [-0.4, -0.2) is 25.0 Å². The zero-order valence-electron chi connectivity index (χ0n) is 13.6. The molecule has 1 amide bonds. The molecular weight excluding hydrogens is 361 g/mol. The average Bonchev–Trinajstić information content (AvgIpc) is 3.04. The predicted octanol–water partition coefficient (Wildman–Crippen LogP) is 3.74. The van der Waals surface area contributed by atoms with E-state index in [1.165, 1.54) is 18.2 Å². The van der Waals surface area contributed by atoms with Crippen LogP contribution in [0.2, 0.25) is 5.02 Å². The molecule has 7 heteroatoms. The predicted molar refractivity (Wildman–Crippen MR) is 94.6 cm³/mol. The number of amides is 1. The number of esters is 1. The standard InChI is InChI=1S/C19H15ClFNO4/c20-14-3-6-16-13(9-14)10-17(26-16)19(24)25-11-18(23)22-8-7-12-1-4-15(21)5-2-12/h1-6,9-10H,7-8,11H2,(H,22,23). The van der Waals surface area contributed by atoms with Crippen LogP contribution in [0.1, 0.15) is 16.1 Å². The van der Waals surface area contributed by atoms with E-state index in [0.717, 1.165) is 5.56 Å². The van der Waals surface area contributed by atoms with Crippen LogP contribution in [-0.2, 0) is 16.0 Å². The summed E-state index contributed by atoms with van der Waals surface area (Å²) < 4.78 is 23.1. The summed E-state index contributed by atoms with van der Waals surface area (Å²) in [6.07, 6.45) is 0.546. The molecule has 26 heavy (non-hydrogen) atoms. The number of nitrogens with one attached hydrogen (secondary N) is 1. The summed E-state index contributed by atoms with van der Waals surface area (Å²) in [6, 6.07) is 12.5. The summed E-state index contributed by atoms with van der Waals surface area (Å²) in [6.45, 7) is -0.0643. The fraction of sp³-hybridized carbons (Fsp3) is 0.158. The maximum atomic E-state index is 12.8. The molecule has 3 aromatic rings. The molecule has 0 radical (unpaired) electrons. The van der Waals surface area contributed by atoms with E-state index in [4.69, 9.17) is 20.8 Å². The van der Waals surface area contributed by atoms with Gasteiger partial charge in [-0.25, -0.2) is 9.18 Å². The van der Waals surface area contributed by atoms with Crippen molar-refractivity contribution in [2.75, 3.05) is 13.2 Å². The molecular formula is C19H15ClFNO4. The Morgan fingerprint density at radius 3 is 2.65 bits per heavy atom. The zero-order valence-corrected chi connectivity index (χ0v) is 14.4. The highest BCUT2D eigenvalue weighted by Gasteiger charge is 2.15. The third-order valence-electron chi connectivity index (χ3n) is 3.66. The highest BCUT2D eigenvalue weighted by atomic mass is 35.5. The topological polar surface area (TPSA) is 68.5 Å². The Hall–Kier alpha value is -2.86. The Kier molecular flexibility index (Phi) is 5.53. The lowest BCUT2D eigenvalue weighted by atomic mass is 10.1. The van der Waals surface area contributed by atoms with Gasteiger partial charge in [0.15, 0.2) is 6.61 Å². The number of hydrogen-bond acceptors (Lipinski definition) is 4. The molecule has 0 atom stereocenters. The normalized spacial score (nSPS) is 10.7. The average molecular weight is 376 g/mol. The van der Waals surface area contributed by atoms with Gasteiger partial charge in [-0.15, -0.1) is 0 Å².